The Bertz CT molecular complexity index is 784. The molecule has 1 atom stereocenters. The maximum absolute atomic E-state index is 11.4. The molecule has 124 valence electrons. The highest BCUT2D eigenvalue weighted by Gasteiger charge is 2.34. The van der Waals surface area contributed by atoms with Gasteiger partial charge in [-0.25, -0.2) is 5.43 Å². The van der Waals surface area contributed by atoms with E-state index >= 15 is 0 Å². The molecule has 24 heavy (non-hydrogen) atoms. The summed E-state index contributed by atoms with van der Waals surface area (Å²) < 4.78 is 5.11. The van der Waals surface area contributed by atoms with Crippen molar-refractivity contribution in [1.29, 1.82) is 0 Å². The van der Waals surface area contributed by atoms with E-state index in [1.807, 2.05) is 49.4 Å². The summed E-state index contributed by atoms with van der Waals surface area (Å²) in [5.41, 5.74) is 8.36. The number of methoxy groups -OCH3 is 1. The highest BCUT2D eigenvalue weighted by Crippen LogP contribution is 2.28. The van der Waals surface area contributed by atoms with Gasteiger partial charge in [-0.1, -0.05) is 42.5 Å². The third kappa shape index (κ3) is 3.26. The summed E-state index contributed by atoms with van der Waals surface area (Å²) in [6.07, 6.45) is 4.37. The molecule has 1 heterocycles. The molecule has 2 aromatic carbocycles. The second-order valence-corrected chi connectivity index (χ2v) is 6.07. The van der Waals surface area contributed by atoms with Crippen LogP contribution in [0.3, 0.4) is 0 Å². The lowest BCUT2D eigenvalue weighted by Gasteiger charge is -2.22. The minimum absolute atomic E-state index is 0.00255. The first-order valence-electron chi connectivity index (χ1n) is 7.72. The summed E-state index contributed by atoms with van der Waals surface area (Å²) in [7, 11) is 1.53. The first-order valence-corrected chi connectivity index (χ1v) is 7.72. The predicted molar refractivity (Wildman–Crippen MR) is 93.3 cm³/mol. The zero-order valence-corrected chi connectivity index (χ0v) is 13.7. The van der Waals surface area contributed by atoms with Gasteiger partial charge in [-0.3, -0.25) is 10.2 Å². The second kappa shape index (κ2) is 6.37. The van der Waals surface area contributed by atoms with Crippen LogP contribution in [0.2, 0.25) is 0 Å². The summed E-state index contributed by atoms with van der Waals surface area (Å²) in [4.78, 5) is 11.4. The molecule has 1 aliphatic heterocycles. The molecule has 5 nitrogen and oxygen atoms in total. The van der Waals surface area contributed by atoms with Gasteiger partial charge < -0.3 is 9.84 Å². The average Bonchev–Trinajstić information content (AvgIpc) is 2.95. The molecule has 0 saturated carbocycles. The number of hydrazine groups is 1. The summed E-state index contributed by atoms with van der Waals surface area (Å²) in [5.74, 6) is 0.576. The monoisotopic (exact) mass is 324 g/mol. The zero-order valence-electron chi connectivity index (χ0n) is 13.7. The smallest absolute Gasteiger partial charge is 0.236 e. The number of carbonyl (C=O) groups is 1. The number of benzene rings is 2. The molecule has 1 aliphatic rings. The van der Waals surface area contributed by atoms with Crippen LogP contribution in [0.1, 0.15) is 30.0 Å². The lowest BCUT2D eigenvalue weighted by atomic mass is 9.90. The van der Waals surface area contributed by atoms with Gasteiger partial charge in [-0.05, 0) is 35.7 Å². The van der Waals surface area contributed by atoms with Gasteiger partial charge in [-0.15, -0.1) is 0 Å². The number of ether oxygens (including phenoxy) is 1. The number of rotatable bonds is 4. The fraction of sp³-hybridized carbons (Fsp3) is 0.211. The molecule has 1 amide bonds. The van der Waals surface area contributed by atoms with Crippen LogP contribution < -0.4 is 15.6 Å². The Morgan fingerprint density at radius 1 is 1.12 bits per heavy atom. The summed E-state index contributed by atoms with van der Waals surface area (Å²) in [6, 6.07) is 13.3. The van der Waals surface area contributed by atoms with E-state index in [1.165, 1.54) is 7.11 Å². The average molecular weight is 324 g/mol. The van der Waals surface area contributed by atoms with Gasteiger partial charge in [0.2, 0.25) is 5.91 Å². The summed E-state index contributed by atoms with van der Waals surface area (Å²) >= 11 is 0. The van der Waals surface area contributed by atoms with Gasteiger partial charge in [0.05, 0.1) is 19.1 Å². The van der Waals surface area contributed by atoms with Crippen LogP contribution in [0.4, 0.5) is 0 Å². The molecule has 2 aromatic rings. The van der Waals surface area contributed by atoms with E-state index < -0.39 is 0 Å². The zero-order chi connectivity index (χ0) is 17.2. The molecule has 0 spiro atoms. The van der Waals surface area contributed by atoms with Gasteiger partial charge in [0.15, 0.2) is 11.5 Å². The summed E-state index contributed by atoms with van der Waals surface area (Å²) in [5, 5.41) is 9.61. The molecule has 1 saturated heterocycles. The Labute approximate surface area is 140 Å². The van der Waals surface area contributed by atoms with Crippen molar-refractivity contribution in [1.82, 2.24) is 10.9 Å². The molecule has 0 aliphatic carbocycles. The van der Waals surface area contributed by atoms with Crippen molar-refractivity contribution < 1.29 is 14.6 Å². The highest BCUT2D eigenvalue weighted by atomic mass is 16.5. The number of aromatic hydroxyl groups is 1. The molecule has 0 radical (unpaired) electrons. The minimum atomic E-state index is -0.371. The molecular formula is C19H20N2O3. The van der Waals surface area contributed by atoms with Gasteiger partial charge >= 0.3 is 0 Å². The molecule has 1 unspecified atom stereocenters. The SMILES string of the molecule is COc1cc(/C=C/c2ccc(C3(C)CC(=O)NN3)cc2)ccc1O. The maximum atomic E-state index is 11.4. The Kier molecular flexibility index (Phi) is 4.27. The lowest BCUT2D eigenvalue weighted by Crippen LogP contribution is -2.38. The van der Waals surface area contributed by atoms with Crippen molar-refractivity contribution in [3.8, 4) is 11.5 Å². The first kappa shape index (κ1) is 16.1. The van der Waals surface area contributed by atoms with Crippen LogP contribution in [-0.4, -0.2) is 18.1 Å². The van der Waals surface area contributed by atoms with E-state index in [9.17, 15) is 9.90 Å². The topological polar surface area (TPSA) is 70.6 Å². The van der Waals surface area contributed by atoms with E-state index in [1.54, 1.807) is 12.1 Å². The summed E-state index contributed by atoms with van der Waals surface area (Å²) in [6.45, 7) is 2.00. The van der Waals surface area contributed by atoms with E-state index in [0.29, 0.717) is 12.2 Å². The van der Waals surface area contributed by atoms with E-state index in [4.69, 9.17) is 4.74 Å². The fourth-order valence-electron chi connectivity index (χ4n) is 2.74. The number of amides is 1. The molecule has 5 heteroatoms. The molecule has 3 rings (SSSR count). The molecule has 1 fully saturated rings. The van der Waals surface area contributed by atoms with Crippen LogP contribution >= 0.6 is 0 Å². The molecule has 3 N–H and O–H groups in total. The lowest BCUT2D eigenvalue weighted by molar-refractivity contribution is -0.119. The van der Waals surface area contributed by atoms with Crippen molar-refractivity contribution in [2.45, 2.75) is 18.9 Å². The number of phenols is 1. The Balaban J connectivity index is 1.76. The van der Waals surface area contributed by atoms with Crippen LogP contribution in [0.25, 0.3) is 12.2 Å². The van der Waals surface area contributed by atoms with Crippen LogP contribution in [-0.2, 0) is 10.3 Å². The van der Waals surface area contributed by atoms with Crippen molar-refractivity contribution >= 4 is 18.1 Å². The first-order chi connectivity index (χ1) is 11.5. The highest BCUT2D eigenvalue weighted by molar-refractivity contribution is 5.79. The Morgan fingerprint density at radius 2 is 1.79 bits per heavy atom. The van der Waals surface area contributed by atoms with Crippen molar-refractivity contribution in [2.24, 2.45) is 0 Å². The minimum Gasteiger partial charge on any atom is -0.504 e. The van der Waals surface area contributed by atoms with E-state index in [2.05, 4.69) is 10.9 Å². The standard InChI is InChI=1S/C19H20N2O3/c1-19(12-18(23)20-21-19)15-8-5-13(6-9-15)3-4-14-7-10-16(22)17(11-14)24-2/h3-11,21-22H,12H2,1-2H3,(H,20,23)/b4-3+. The predicted octanol–water partition coefficient (Wildman–Crippen LogP) is 2.81. The van der Waals surface area contributed by atoms with Gasteiger partial charge in [0.1, 0.15) is 0 Å². The van der Waals surface area contributed by atoms with Crippen molar-refractivity contribution in [3.05, 3.63) is 59.2 Å². The number of phenolic OH excluding ortho intramolecular Hbond substituents is 1. The van der Waals surface area contributed by atoms with Crippen molar-refractivity contribution in [2.75, 3.05) is 7.11 Å². The van der Waals surface area contributed by atoms with E-state index in [-0.39, 0.29) is 17.2 Å². The molecule has 0 bridgehead atoms. The van der Waals surface area contributed by atoms with Gasteiger partial charge in [0, 0.05) is 0 Å². The molecule has 0 aromatic heterocycles. The van der Waals surface area contributed by atoms with Crippen molar-refractivity contribution in [3.63, 3.8) is 0 Å². The number of carbonyl (C=O) groups excluding carboxylic acids is 1. The number of hydrogen-bond donors (Lipinski definition) is 3. The molecular weight excluding hydrogens is 304 g/mol. The maximum Gasteiger partial charge on any atom is 0.236 e. The van der Waals surface area contributed by atoms with Crippen LogP contribution in [0.15, 0.2) is 42.5 Å². The third-order valence-corrected chi connectivity index (χ3v) is 4.21. The van der Waals surface area contributed by atoms with Gasteiger partial charge in [0.25, 0.3) is 0 Å². The third-order valence-electron chi connectivity index (χ3n) is 4.21. The van der Waals surface area contributed by atoms with E-state index in [0.717, 1.165) is 16.7 Å². The Hall–Kier alpha value is -2.79. The van der Waals surface area contributed by atoms with Gasteiger partial charge in [-0.2, -0.15) is 0 Å². The quantitative estimate of drug-likeness (QED) is 0.756. The number of nitrogens with one attached hydrogen (secondary N) is 2. The largest absolute Gasteiger partial charge is 0.504 e. The number of hydrogen-bond acceptors (Lipinski definition) is 4. The Morgan fingerprint density at radius 3 is 2.42 bits per heavy atom. The fourth-order valence-corrected chi connectivity index (χ4v) is 2.74. The normalized spacial score (nSPS) is 20.3. The second-order valence-electron chi connectivity index (χ2n) is 6.07. The van der Waals surface area contributed by atoms with Crippen LogP contribution in [0.5, 0.6) is 11.5 Å². The van der Waals surface area contributed by atoms with Crippen LogP contribution in [0, 0.1) is 0 Å².